The lowest BCUT2D eigenvalue weighted by atomic mass is 9.92. The lowest BCUT2D eigenvalue weighted by molar-refractivity contribution is -0.134. The summed E-state index contributed by atoms with van der Waals surface area (Å²) in [7, 11) is 0. The zero-order valence-electron chi connectivity index (χ0n) is 18.1. The highest BCUT2D eigenvalue weighted by Crippen LogP contribution is 2.43. The summed E-state index contributed by atoms with van der Waals surface area (Å²) >= 11 is 1.70. The van der Waals surface area contributed by atoms with Gasteiger partial charge in [-0.1, -0.05) is 72.8 Å². The van der Waals surface area contributed by atoms with Crippen LogP contribution in [0.4, 0.5) is 10.5 Å². The molecule has 1 fully saturated rings. The van der Waals surface area contributed by atoms with E-state index in [4.69, 9.17) is 0 Å². The number of carbonyl (C=O) groups excluding carboxylic acids is 3. The number of nitrogens with zero attached hydrogens (tertiary/aromatic N) is 2. The van der Waals surface area contributed by atoms with Crippen LogP contribution in [0.5, 0.6) is 0 Å². The lowest BCUT2D eigenvalue weighted by Gasteiger charge is -2.37. The van der Waals surface area contributed by atoms with E-state index in [1.807, 2.05) is 72.8 Å². The molecule has 5 rings (SSSR count). The first-order valence-corrected chi connectivity index (χ1v) is 11.8. The largest absolute Gasteiger partial charge is 0.325 e. The van der Waals surface area contributed by atoms with Crippen molar-refractivity contribution in [1.29, 1.82) is 0 Å². The topological polar surface area (TPSA) is 69.7 Å². The number of nitrogens with one attached hydrogen (secondary N) is 1. The number of hydrogen-bond donors (Lipinski definition) is 1. The Morgan fingerprint density at radius 3 is 2.33 bits per heavy atom. The molecule has 3 aromatic rings. The summed E-state index contributed by atoms with van der Waals surface area (Å²) in [4.78, 5) is 43.6. The van der Waals surface area contributed by atoms with Crippen LogP contribution in [0.3, 0.4) is 0 Å². The van der Waals surface area contributed by atoms with E-state index in [9.17, 15) is 14.4 Å². The Bertz CT molecular complexity index is 1220. The second-order valence-electron chi connectivity index (χ2n) is 8.28. The highest BCUT2D eigenvalue weighted by Gasteiger charge is 2.50. The van der Waals surface area contributed by atoms with Crippen molar-refractivity contribution in [2.75, 3.05) is 17.2 Å². The zero-order chi connectivity index (χ0) is 23.0. The number of thioether (sulfide) groups is 1. The van der Waals surface area contributed by atoms with Gasteiger partial charge in [0.2, 0.25) is 5.91 Å². The van der Waals surface area contributed by atoms with Crippen LogP contribution in [0, 0.1) is 0 Å². The molecule has 0 saturated carbocycles. The average Bonchev–Trinajstić information content (AvgIpc) is 3.08. The maximum atomic E-state index is 13.7. The summed E-state index contributed by atoms with van der Waals surface area (Å²) in [5.41, 5.74) is 1.29. The molecule has 1 N–H and O–H groups in total. The van der Waals surface area contributed by atoms with Crippen LogP contribution in [0.1, 0.15) is 24.1 Å². The van der Waals surface area contributed by atoms with Crippen molar-refractivity contribution >= 4 is 35.3 Å². The Kier molecular flexibility index (Phi) is 5.42. The molecule has 33 heavy (non-hydrogen) atoms. The quantitative estimate of drug-likeness (QED) is 0.592. The number of amides is 4. The van der Waals surface area contributed by atoms with Gasteiger partial charge in [0.1, 0.15) is 12.1 Å². The number of anilines is 1. The van der Waals surface area contributed by atoms with Crippen LogP contribution >= 0.6 is 11.8 Å². The van der Waals surface area contributed by atoms with Crippen LogP contribution in [-0.2, 0) is 15.1 Å². The van der Waals surface area contributed by atoms with E-state index >= 15 is 0 Å². The standard InChI is InChI=1S/C26H23N3O3S/c1-26(19-12-6-3-7-13-19)24(31)28(25(32)27-26)16-23(30)29-20-14-8-9-15-22(20)33-17-21(29)18-10-4-2-5-11-18/h2-15,21H,16-17H2,1H3,(H,27,32)/t21-,26-/m0/s1. The van der Waals surface area contributed by atoms with E-state index < -0.39 is 17.5 Å². The van der Waals surface area contributed by atoms with E-state index in [0.29, 0.717) is 11.3 Å². The van der Waals surface area contributed by atoms with Gasteiger partial charge >= 0.3 is 6.03 Å². The molecular weight excluding hydrogens is 434 g/mol. The predicted molar refractivity (Wildman–Crippen MR) is 128 cm³/mol. The van der Waals surface area contributed by atoms with Crippen LogP contribution in [0.25, 0.3) is 0 Å². The minimum absolute atomic E-state index is 0.195. The number of rotatable bonds is 4. The number of carbonyl (C=O) groups is 3. The summed E-state index contributed by atoms with van der Waals surface area (Å²) in [6.07, 6.45) is 0. The molecule has 2 aliphatic heterocycles. The van der Waals surface area contributed by atoms with Crippen molar-refractivity contribution in [3.63, 3.8) is 0 Å². The third-order valence-electron chi connectivity index (χ3n) is 6.21. The molecule has 2 aliphatic rings. The van der Waals surface area contributed by atoms with E-state index in [1.165, 1.54) is 0 Å². The van der Waals surface area contributed by atoms with Crippen LogP contribution < -0.4 is 10.2 Å². The Hall–Kier alpha value is -3.58. The van der Waals surface area contributed by atoms with Gasteiger partial charge in [-0.15, -0.1) is 11.8 Å². The van der Waals surface area contributed by atoms with Crippen molar-refractivity contribution in [3.05, 3.63) is 96.1 Å². The van der Waals surface area contributed by atoms with Gasteiger partial charge in [-0.05, 0) is 30.2 Å². The van der Waals surface area contributed by atoms with Crippen molar-refractivity contribution in [1.82, 2.24) is 10.2 Å². The molecule has 166 valence electrons. The zero-order valence-corrected chi connectivity index (χ0v) is 18.9. The summed E-state index contributed by atoms with van der Waals surface area (Å²) in [5.74, 6) is -0.0327. The molecule has 0 radical (unpaired) electrons. The first-order chi connectivity index (χ1) is 16.0. The number of fused-ring (bicyclic) bond motifs is 1. The van der Waals surface area contributed by atoms with Gasteiger partial charge < -0.3 is 10.2 Å². The van der Waals surface area contributed by atoms with Crippen molar-refractivity contribution in [3.8, 4) is 0 Å². The molecule has 0 aromatic heterocycles. The van der Waals surface area contributed by atoms with Gasteiger partial charge in [0.25, 0.3) is 5.91 Å². The van der Waals surface area contributed by atoms with Gasteiger partial charge in [-0.2, -0.15) is 0 Å². The highest BCUT2D eigenvalue weighted by molar-refractivity contribution is 7.99. The van der Waals surface area contributed by atoms with Gasteiger partial charge in [0, 0.05) is 10.6 Å². The number of urea groups is 1. The number of para-hydroxylation sites is 1. The van der Waals surface area contributed by atoms with Crippen molar-refractivity contribution in [2.24, 2.45) is 0 Å². The van der Waals surface area contributed by atoms with Crippen LogP contribution in [0.15, 0.2) is 89.8 Å². The first-order valence-electron chi connectivity index (χ1n) is 10.8. The number of benzene rings is 3. The van der Waals surface area contributed by atoms with Crippen LogP contribution in [0.2, 0.25) is 0 Å². The second-order valence-corrected chi connectivity index (χ2v) is 9.34. The maximum absolute atomic E-state index is 13.7. The molecule has 4 amide bonds. The molecule has 0 spiro atoms. The summed E-state index contributed by atoms with van der Waals surface area (Å²) < 4.78 is 0. The third-order valence-corrected chi connectivity index (χ3v) is 7.34. The minimum Gasteiger partial charge on any atom is -0.319 e. The molecule has 1 saturated heterocycles. The Morgan fingerprint density at radius 2 is 1.61 bits per heavy atom. The Balaban J connectivity index is 1.46. The van der Waals surface area contributed by atoms with Gasteiger partial charge in [-0.25, -0.2) is 4.79 Å². The van der Waals surface area contributed by atoms with E-state index in [2.05, 4.69) is 5.32 Å². The fourth-order valence-corrected chi connectivity index (χ4v) is 5.61. The monoisotopic (exact) mass is 457 g/mol. The smallest absolute Gasteiger partial charge is 0.319 e. The molecule has 3 aromatic carbocycles. The van der Waals surface area contributed by atoms with Crippen molar-refractivity contribution in [2.45, 2.75) is 23.4 Å². The predicted octanol–water partition coefficient (Wildman–Crippen LogP) is 4.33. The fourth-order valence-electron chi connectivity index (χ4n) is 4.44. The van der Waals surface area contributed by atoms with Gasteiger partial charge in [-0.3, -0.25) is 14.5 Å². The lowest BCUT2D eigenvalue weighted by Crippen LogP contribution is -2.47. The minimum atomic E-state index is -1.20. The SMILES string of the molecule is C[C@@]1(c2ccccc2)NC(=O)N(CC(=O)N2c3ccccc3SC[C@H]2c2ccccc2)C1=O. The maximum Gasteiger partial charge on any atom is 0.325 e. The summed E-state index contributed by atoms with van der Waals surface area (Å²) in [5, 5.41) is 2.78. The molecule has 0 aliphatic carbocycles. The molecule has 6 nitrogen and oxygen atoms in total. The van der Waals surface area contributed by atoms with Gasteiger partial charge in [0.15, 0.2) is 0 Å². The number of imide groups is 1. The van der Waals surface area contributed by atoms with Crippen molar-refractivity contribution < 1.29 is 14.4 Å². The van der Waals surface area contributed by atoms with E-state index in [1.54, 1.807) is 35.7 Å². The summed E-state index contributed by atoms with van der Waals surface area (Å²) in [6, 6.07) is 25.9. The molecule has 0 unspecified atom stereocenters. The summed E-state index contributed by atoms with van der Waals surface area (Å²) in [6.45, 7) is 1.35. The normalized spacial score (nSPS) is 22.2. The Labute approximate surface area is 196 Å². The van der Waals surface area contributed by atoms with Gasteiger partial charge in [0.05, 0.1) is 11.7 Å². The first kappa shape index (κ1) is 21.3. The average molecular weight is 458 g/mol. The second kappa shape index (κ2) is 8.41. The molecule has 2 atom stereocenters. The van der Waals surface area contributed by atoms with E-state index in [-0.39, 0.29) is 18.5 Å². The van der Waals surface area contributed by atoms with Crippen LogP contribution in [-0.4, -0.2) is 35.0 Å². The molecule has 7 heteroatoms. The molecule has 2 heterocycles. The Morgan fingerprint density at radius 1 is 0.970 bits per heavy atom. The molecule has 0 bridgehead atoms. The molecular formula is C26H23N3O3S. The van der Waals surface area contributed by atoms with E-state index in [0.717, 1.165) is 21.0 Å². The fraction of sp³-hybridized carbons (Fsp3) is 0.192. The number of hydrogen-bond acceptors (Lipinski definition) is 4. The third kappa shape index (κ3) is 3.68. The highest BCUT2D eigenvalue weighted by atomic mass is 32.2.